The molecular weight excluding hydrogens is 206 g/mol. The number of hydrogen-bond donors (Lipinski definition) is 1. The maximum absolute atomic E-state index is 11.5. The molecule has 2 atom stereocenters. The Kier molecular flexibility index (Phi) is 2.83. The largest absolute Gasteiger partial charge is 0.496 e. The molecule has 0 spiro atoms. The van der Waals surface area contributed by atoms with Crippen LogP contribution >= 0.6 is 0 Å². The summed E-state index contributed by atoms with van der Waals surface area (Å²) < 4.78 is 5.26. The summed E-state index contributed by atoms with van der Waals surface area (Å²) in [6, 6.07) is 7.47. The zero-order chi connectivity index (χ0) is 11.7. The highest BCUT2D eigenvalue weighted by Gasteiger charge is 2.37. The quantitative estimate of drug-likeness (QED) is 0.809. The molecule has 1 fully saturated rings. The van der Waals surface area contributed by atoms with Gasteiger partial charge in [-0.2, -0.15) is 0 Å². The molecule has 16 heavy (non-hydrogen) atoms. The van der Waals surface area contributed by atoms with Crippen LogP contribution in [0.4, 0.5) is 0 Å². The van der Waals surface area contributed by atoms with Crippen molar-refractivity contribution in [1.82, 2.24) is 4.90 Å². The van der Waals surface area contributed by atoms with Gasteiger partial charge in [-0.15, -0.1) is 0 Å². The number of amides is 1. The second-order valence-electron chi connectivity index (χ2n) is 3.96. The lowest BCUT2D eigenvalue weighted by Crippen LogP contribution is -2.26. The maximum Gasteiger partial charge on any atom is 0.251 e. The summed E-state index contributed by atoms with van der Waals surface area (Å²) >= 11 is 0. The van der Waals surface area contributed by atoms with E-state index >= 15 is 0 Å². The van der Waals surface area contributed by atoms with Crippen LogP contribution in [-0.4, -0.2) is 36.2 Å². The van der Waals surface area contributed by atoms with Crippen molar-refractivity contribution in [1.29, 1.82) is 0 Å². The molecule has 2 unspecified atom stereocenters. The Bertz CT molecular complexity index is 405. The van der Waals surface area contributed by atoms with Gasteiger partial charge in [0, 0.05) is 19.0 Å². The van der Waals surface area contributed by atoms with E-state index in [4.69, 9.17) is 4.74 Å². The van der Waals surface area contributed by atoms with Crippen molar-refractivity contribution in [2.45, 2.75) is 18.6 Å². The third-order valence-corrected chi connectivity index (χ3v) is 3.04. The van der Waals surface area contributed by atoms with Crippen LogP contribution in [0.1, 0.15) is 18.0 Å². The highest BCUT2D eigenvalue weighted by atomic mass is 16.5. The Hall–Kier alpha value is -1.55. The minimum atomic E-state index is -0.889. The molecule has 2 rings (SSSR count). The van der Waals surface area contributed by atoms with E-state index in [0.717, 1.165) is 11.3 Å². The number of carbonyl (C=O) groups excluding carboxylic acids is 1. The van der Waals surface area contributed by atoms with Crippen LogP contribution in [-0.2, 0) is 4.79 Å². The molecular formula is C12H15NO3. The molecule has 0 radical (unpaired) electrons. The summed E-state index contributed by atoms with van der Waals surface area (Å²) in [4.78, 5) is 13.1. The zero-order valence-electron chi connectivity index (χ0n) is 9.38. The molecule has 86 valence electrons. The Balaban J connectivity index is 2.35. The molecule has 0 bridgehead atoms. The fourth-order valence-corrected chi connectivity index (χ4v) is 2.14. The standard InChI is InChI=1S/C12H15NO3/c1-13-9(7-10(14)12(13)15)8-5-3-4-6-11(8)16-2/h3-6,9-10,14H,7H2,1-2H3. The number of ether oxygens (including phenoxy) is 1. The first-order chi connectivity index (χ1) is 7.65. The van der Waals surface area contributed by atoms with Crippen molar-refractivity contribution in [3.8, 4) is 5.75 Å². The Morgan fingerprint density at radius 3 is 2.69 bits per heavy atom. The number of methoxy groups -OCH3 is 1. The van der Waals surface area contributed by atoms with Gasteiger partial charge in [0.25, 0.3) is 5.91 Å². The number of aliphatic hydroxyl groups excluding tert-OH is 1. The molecule has 1 saturated heterocycles. The van der Waals surface area contributed by atoms with Crippen molar-refractivity contribution < 1.29 is 14.6 Å². The van der Waals surface area contributed by atoms with Crippen molar-refractivity contribution in [3.05, 3.63) is 29.8 Å². The Morgan fingerprint density at radius 2 is 2.12 bits per heavy atom. The lowest BCUT2D eigenvalue weighted by atomic mass is 10.0. The second kappa shape index (κ2) is 4.14. The summed E-state index contributed by atoms with van der Waals surface area (Å²) in [6.07, 6.45) is -0.463. The fourth-order valence-electron chi connectivity index (χ4n) is 2.14. The molecule has 1 heterocycles. The Morgan fingerprint density at radius 1 is 1.44 bits per heavy atom. The maximum atomic E-state index is 11.5. The summed E-state index contributed by atoms with van der Waals surface area (Å²) in [5.41, 5.74) is 0.942. The first-order valence-corrected chi connectivity index (χ1v) is 5.22. The number of para-hydroxylation sites is 1. The normalized spacial score (nSPS) is 24.9. The van der Waals surface area contributed by atoms with Gasteiger partial charge in [-0.25, -0.2) is 0 Å². The molecule has 1 N–H and O–H groups in total. The molecule has 4 heteroatoms. The first kappa shape index (κ1) is 11.0. The highest BCUT2D eigenvalue weighted by molar-refractivity contribution is 5.83. The van der Waals surface area contributed by atoms with E-state index in [1.165, 1.54) is 0 Å². The zero-order valence-corrected chi connectivity index (χ0v) is 9.38. The average molecular weight is 221 g/mol. The predicted molar refractivity (Wildman–Crippen MR) is 59.1 cm³/mol. The molecule has 1 aliphatic rings. The van der Waals surface area contributed by atoms with E-state index in [9.17, 15) is 9.90 Å². The van der Waals surface area contributed by atoms with Crippen molar-refractivity contribution in [2.24, 2.45) is 0 Å². The number of carbonyl (C=O) groups is 1. The number of likely N-dealkylation sites (tertiary alicyclic amines) is 1. The first-order valence-electron chi connectivity index (χ1n) is 5.22. The van der Waals surface area contributed by atoms with E-state index in [2.05, 4.69) is 0 Å². The third kappa shape index (κ3) is 1.65. The molecule has 0 saturated carbocycles. The number of hydrogen-bond acceptors (Lipinski definition) is 3. The SMILES string of the molecule is COc1ccccc1C1CC(O)C(=O)N1C. The average Bonchev–Trinajstić information content (AvgIpc) is 2.57. The van der Waals surface area contributed by atoms with Crippen LogP contribution in [0.15, 0.2) is 24.3 Å². The lowest BCUT2D eigenvalue weighted by molar-refractivity contribution is -0.134. The third-order valence-electron chi connectivity index (χ3n) is 3.04. The van der Waals surface area contributed by atoms with Crippen LogP contribution in [0.3, 0.4) is 0 Å². The molecule has 4 nitrogen and oxygen atoms in total. The van der Waals surface area contributed by atoms with E-state index < -0.39 is 6.10 Å². The van der Waals surface area contributed by atoms with Gasteiger partial charge in [0.2, 0.25) is 0 Å². The number of aliphatic hydroxyl groups is 1. The van der Waals surface area contributed by atoms with Crippen LogP contribution in [0, 0.1) is 0 Å². The summed E-state index contributed by atoms with van der Waals surface area (Å²) in [7, 11) is 3.31. The summed E-state index contributed by atoms with van der Waals surface area (Å²) in [5, 5.41) is 9.53. The van der Waals surface area contributed by atoms with E-state index in [0.29, 0.717) is 6.42 Å². The van der Waals surface area contributed by atoms with Gasteiger partial charge in [-0.05, 0) is 6.07 Å². The number of likely N-dealkylation sites (N-methyl/N-ethyl adjacent to an activating group) is 1. The van der Waals surface area contributed by atoms with E-state index in [1.54, 1.807) is 19.1 Å². The van der Waals surface area contributed by atoms with Crippen LogP contribution in [0.5, 0.6) is 5.75 Å². The van der Waals surface area contributed by atoms with Gasteiger partial charge in [0.05, 0.1) is 13.2 Å². The minimum Gasteiger partial charge on any atom is -0.496 e. The van der Waals surface area contributed by atoms with Gasteiger partial charge < -0.3 is 14.7 Å². The van der Waals surface area contributed by atoms with Gasteiger partial charge in [0.1, 0.15) is 11.9 Å². The van der Waals surface area contributed by atoms with Gasteiger partial charge in [0.15, 0.2) is 0 Å². The molecule has 1 aliphatic heterocycles. The van der Waals surface area contributed by atoms with Crippen molar-refractivity contribution in [3.63, 3.8) is 0 Å². The van der Waals surface area contributed by atoms with Gasteiger partial charge in [-0.3, -0.25) is 4.79 Å². The predicted octanol–water partition coefficient (Wildman–Crippen LogP) is 0.959. The molecule has 1 aromatic carbocycles. The van der Waals surface area contributed by atoms with Crippen LogP contribution in [0.2, 0.25) is 0 Å². The van der Waals surface area contributed by atoms with Crippen molar-refractivity contribution in [2.75, 3.05) is 14.2 Å². The number of rotatable bonds is 2. The Labute approximate surface area is 94.4 Å². The number of benzene rings is 1. The minimum absolute atomic E-state index is 0.0985. The van der Waals surface area contributed by atoms with Crippen LogP contribution in [0.25, 0.3) is 0 Å². The monoisotopic (exact) mass is 221 g/mol. The van der Waals surface area contributed by atoms with E-state index in [-0.39, 0.29) is 11.9 Å². The summed E-state index contributed by atoms with van der Waals surface area (Å²) in [6.45, 7) is 0. The molecule has 1 amide bonds. The lowest BCUT2D eigenvalue weighted by Gasteiger charge is -2.21. The fraction of sp³-hybridized carbons (Fsp3) is 0.417. The smallest absolute Gasteiger partial charge is 0.251 e. The molecule has 0 aliphatic carbocycles. The van der Waals surface area contributed by atoms with E-state index in [1.807, 2.05) is 24.3 Å². The van der Waals surface area contributed by atoms with Gasteiger partial charge in [-0.1, -0.05) is 18.2 Å². The topological polar surface area (TPSA) is 49.8 Å². The van der Waals surface area contributed by atoms with Crippen molar-refractivity contribution >= 4 is 5.91 Å². The van der Waals surface area contributed by atoms with Crippen LogP contribution < -0.4 is 4.74 Å². The summed E-state index contributed by atoms with van der Waals surface area (Å²) in [5.74, 6) is 0.525. The molecule has 0 aromatic heterocycles. The second-order valence-corrected chi connectivity index (χ2v) is 3.96. The molecule has 1 aromatic rings. The van der Waals surface area contributed by atoms with Gasteiger partial charge >= 0.3 is 0 Å². The number of nitrogens with zero attached hydrogens (tertiary/aromatic N) is 1. The highest BCUT2D eigenvalue weighted by Crippen LogP contribution is 2.36.